The Kier molecular flexibility index (Phi) is 4.89. The minimum Gasteiger partial charge on any atom is -0.378 e. The maximum absolute atomic E-state index is 5.53. The van der Waals surface area contributed by atoms with Crippen LogP contribution in [0.4, 0.5) is 22.7 Å². The fourth-order valence-corrected chi connectivity index (χ4v) is 5.76. The van der Waals surface area contributed by atoms with Crippen LogP contribution < -0.4 is 15.1 Å². The van der Waals surface area contributed by atoms with Crippen molar-refractivity contribution in [3.63, 3.8) is 0 Å². The van der Waals surface area contributed by atoms with E-state index < -0.39 is 0 Å². The molecule has 2 saturated heterocycles. The minimum atomic E-state index is 0.822. The Bertz CT molecular complexity index is 814. The van der Waals surface area contributed by atoms with E-state index >= 15 is 0 Å². The molecule has 2 aromatic rings. The van der Waals surface area contributed by atoms with Gasteiger partial charge >= 0.3 is 0 Å². The van der Waals surface area contributed by atoms with Crippen molar-refractivity contribution in [1.82, 2.24) is 0 Å². The number of benzene rings is 2. The lowest BCUT2D eigenvalue weighted by Crippen LogP contribution is -2.36. The number of nitrogens with zero attached hydrogens (tertiary/aromatic N) is 2. The quantitative estimate of drug-likeness (QED) is 0.632. The van der Waals surface area contributed by atoms with Crippen LogP contribution in [0.25, 0.3) is 0 Å². The van der Waals surface area contributed by atoms with Gasteiger partial charge in [0.25, 0.3) is 0 Å². The van der Waals surface area contributed by atoms with Crippen molar-refractivity contribution in [2.75, 3.05) is 54.5 Å². The molecular formula is C23H29N3OS. The minimum absolute atomic E-state index is 0.822. The molecule has 5 heteroatoms. The van der Waals surface area contributed by atoms with E-state index in [1.54, 1.807) is 0 Å². The zero-order valence-corrected chi connectivity index (χ0v) is 17.7. The molecule has 3 aliphatic heterocycles. The first-order valence-corrected chi connectivity index (χ1v) is 11.3. The highest BCUT2D eigenvalue weighted by Crippen LogP contribution is 2.49. The summed E-state index contributed by atoms with van der Waals surface area (Å²) in [5, 5.41) is 3.75. The largest absolute Gasteiger partial charge is 0.378 e. The number of ether oxygens (including phenoxy) is 1. The van der Waals surface area contributed by atoms with Crippen molar-refractivity contribution in [1.29, 1.82) is 0 Å². The molecule has 28 heavy (non-hydrogen) atoms. The van der Waals surface area contributed by atoms with Crippen LogP contribution in [0.1, 0.15) is 30.4 Å². The molecule has 0 aliphatic carbocycles. The normalized spacial score (nSPS) is 19.1. The number of aryl methyl sites for hydroxylation is 2. The summed E-state index contributed by atoms with van der Waals surface area (Å²) in [6.07, 6.45) is 3.99. The average Bonchev–Trinajstić information content (AvgIpc) is 2.74. The van der Waals surface area contributed by atoms with Gasteiger partial charge in [-0.15, -0.1) is 0 Å². The highest BCUT2D eigenvalue weighted by molar-refractivity contribution is 7.99. The summed E-state index contributed by atoms with van der Waals surface area (Å²) < 4.78 is 5.53. The van der Waals surface area contributed by atoms with E-state index in [0.717, 1.165) is 26.3 Å². The molecule has 0 radical (unpaired) electrons. The van der Waals surface area contributed by atoms with E-state index in [-0.39, 0.29) is 0 Å². The first-order valence-electron chi connectivity index (χ1n) is 10.5. The number of morpholine rings is 1. The summed E-state index contributed by atoms with van der Waals surface area (Å²) in [6, 6.07) is 9.43. The van der Waals surface area contributed by atoms with Gasteiger partial charge in [0.05, 0.1) is 24.6 Å². The molecule has 3 aliphatic rings. The number of nitrogens with one attached hydrogen (secondary N) is 1. The van der Waals surface area contributed by atoms with Crippen LogP contribution in [-0.2, 0) is 4.74 Å². The number of piperidine rings is 1. The van der Waals surface area contributed by atoms with Gasteiger partial charge in [-0.3, -0.25) is 0 Å². The molecule has 2 aromatic carbocycles. The van der Waals surface area contributed by atoms with Crippen LogP contribution in [0.5, 0.6) is 0 Å². The van der Waals surface area contributed by atoms with Gasteiger partial charge in [0.1, 0.15) is 0 Å². The van der Waals surface area contributed by atoms with Gasteiger partial charge < -0.3 is 19.9 Å². The van der Waals surface area contributed by atoms with E-state index in [1.165, 1.54) is 76.0 Å². The van der Waals surface area contributed by atoms with Crippen molar-refractivity contribution in [2.24, 2.45) is 0 Å². The smallest absolute Gasteiger partial charge is 0.0642 e. The Hall–Kier alpha value is -1.85. The number of hydrogen-bond donors (Lipinski definition) is 1. The highest BCUT2D eigenvalue weighted by Gasteiger charge is 2.23. The molecule has 1 N–H and O–H groups in total. The van der Waals surface area contributed by atoms with E-state index in [9.17, 15) is 0 Å². The van der Waals surface area contributed by atoms with Gasteiger partial charge in [-0.1, -0.05) is 11.8 Å². The fourth-order valence-electron chi connectivity index (χ4n) is 4.54. The van der Waals surface area contributed by atoms with Gasteiger partial charge in [-0.05, 0) is 68.5 Å². The second-order valence-corrected chi connectivity index (χ2v) is 9.23. The monoisotopic (exact) mass is 395 g/mol. The summed E-state index contributed by atoms with van der Waals surface area (Å²) in [7, 11) is 0. The summed E-state index contributed by atoms with van der Waals surface area (Å²) >= 11 is 1.92. The van der Waals surface area contributed by atoms with Gasteiger partial charge in [0, 0.05) is 47.3 Å². The molecule has 4 nitrogen and oxygen atoms in total. The summed E-state index contributed by atoms with van der Waals surface area (Å²) in [4.78, 5) is 7.70. The van der Waals surface area contributed by atoms with Gasteiger partial charge in [0.2, 0.25) is 0 Å². The first kappa shape index (κ1) is 18.2. The van der Waals surface area contributed by atoms with Crippen LogP contribution in [0.2, 0.25) is 0 Å². The fraction of sp³-hybridized carbons (Fsp3) is 0.478. The molecule has 0 atom stereocenters. The third-order valence-corrected chi connectivity index (χ3v) is 7.22. The predicted molar refractivity (Wildman–Crippen MR) is 119 cm³/mol. The average molecular weight is 396 g/mol. The van der Waals surface area contributed by atoms with Crippen molar-refractivity contribution in [3.8, 4) is 0 Å². The number of anilines is 4. The molecule has 0 amide bonds. The Morgan fingerprint density at radius 3 is 1.86 bits per heavy atom. The van der Waals surface area contributed by atoms with E-state index in [1.807, 2.05) is 11.8 Å². The van der Waals surface area contributed by atoms with Gasteiger partial charge in [-0.25, -0.2) is 0 Å². The Balaban J connectivity index is 1.48. The lowest BCUT2D eigenvalue weighted by molar-refractivity contribution is 0.122. The van der Waals surface area contributed by atoms with Crippen LogP contribution in [0, 0.1) is 13.8 Å². The molecule has 2 fully saturated rings. The summed E-state index contributed by atoms with van der Waals surface area (Å²) in [5.41, 5.74) is 7.91. The third kappa shape index (κ3) is 3.35. The second-order valence-electron chi connectivity index (χ2n) is 8.15. The van der Waals surface area contributed by atoms with E-state index in [4.69, 9.17) is 4.74 Å². The number of rotatable bonds is 2. The van der Waals surface area contributed by atoms with Gasteiger partial charge in [-0.2, -0.15) is 0 Å². The lowest BCUT2D eigenvalue weighted by atomic mass is 10.1. The molecule has 3 heterocycles. The van der Waals surface area contributed by atoms with Crippen molar-refractivity contribution in [3.05, 3.63) is 35.4 Å². The van der Waals surface area contributed by atoms with Crippen LogP contribution in [0.15, 0.2) is 34.1 Å². The molecular weight excluding hydrogens is 366 g/mol. The number of hydrogen-bond acceptors (Lipinski definition) is 5. The van der Waals surface area contributed by atoms with Gasteiger partial charge in [0.15, 0.2) is 0 Å². The summed E-state index contributed by atoms with van der Waals surface area (Å²) in [5.74, 6) is 0. The molecule has 0 saturated carbocycles. The predicted octanol–water partition coefficient (Wildman–Crippen LogP) is 5.34. The summed E-state index contributed by atoms with van der Waals surface area (Å²) in [6.45, 7) is 10.4. The van der Waals surface area contributed by atoms with Crippen LogP contribution in [0.3, 0.4) is 0 Å². The standard InChI is InChI=1S/C23H29N3OS/c1-16-12-18(25-6-4-3-5-7-25)14-20-22(16)24-23-17(2)13-19(15-21(23)28-20)26-8-10-27-11-9-26/h12-15,24H,3-11H2,1-2H3. The lowest BCUT2D eigenvalue weighted by Gasteiger charge is -2.33. The Labute approximate surface area is 172 Å². The van der Waals surface area contributed by atoms with Crippen molar-refractivity contribution >= 4 is 34.5 Å². The Morgan fingerprint density at radius 1 is 0.750 bits per heavy atom. The van der Waals surface area contributed by atoms with Crippen LogP contribution in [-0.4, -0.2) is 39.4 Å². The molecule has 0 bridgehead atoms. The maximum atomic E-state index is 5.53. The van der Waals surface area contributed by atoms with Crippen molar-refractivity contribution in [2.45, 2.75) is 42.9 Å². The van der Waals surface area contributed by atoms with Crippen LogP contribution >= 0.6 is 11.8 Å². The molecule has 148 valence electrons. The van der Waals surface area contributed by atoms with E-state index in [2.05, 4.69) is 53.2 Å². The Morgan fingerprint density at radius 2 is 1.29 bits per heavy atom. The first-order chi connectivity index (χ1) is 13.7. The third-order valence-electron chi connectivity index (χ3n) is 6.14. The topological polar surface area (TPSA) is 27.7 Å². The second kappa shape index (κ2) is 7.53. The molecule has 5 rings (SSSR count). The molecule has 0 unspecified atom stereocenters. The zero-order valence-electron chi connectivity index (χ0n) is 16.9. The highest BCUT2D eigenvalue weighted by atomic mass is 32.2. The zero-order chi connectivity index (χ0) is 19.1. The molecule has 0 aromatic heterocycles. The maximum Gasteiger partial charge on any atom is 0.0642 e. The SMILES string of the molecule is Cc1cc(N2CCCCC2)cc2c1Nc1c(C)cc(N3CCOCC3)cc1S2. The van der Waals surface area contributed by atoms with E-state index in [0.29, 0.717) is 0 Å². The van der Waals surface area contributed by atoms with Crippen molar-refractivity contribution < 1.29 is 4.74 Å². The molecule has 0 spiro atoms. The number of fused-ring (bicyclic) bond motifs is 2.